The highest BCUT2D eigenvalue weighted by molar-refractivity contribution is 4.79. The number of hydrogen-bond donors (Lipinski definition) is 0. The van der Waals surface area contributed by atoms with Crippen molar-refractivity contribution in [2.24, 2.45) is 23.7 Å². The van der Waals surface area contributed by atoms with Crippen molar-refractivity contribution in [3.05, 3.63) is 0 Å². The maximum absolute atomic E-state index is 2.43. The predicted molar refractivity (Wildman–Crippen MR) is 50.5 cm³/mol. The topological polar surface area (TPSA) is 0 Å². The molecule has 0 nitrogen and oxygen atoms in total. The molecule has 0 amide bonds. The maximum atomic E-state index is 2.43. The van der Waals surface area contributed by atoms with Crippen molar-refractivity contribution < 1.29 is 0 Å². The summed E-state index contributed by atoms with van der Waals surface area (Å²) in [7, 11) is 0. The van der Waals surface area contributed by atoms with Crippen LogP contribution in [0.2, 0.25) is 0 Å². The molecule has 0 aliphatic heterocycles. The van der Waals surface area contributed by atoms with Gasteiger partial charge in [-0.05, 0) is 30.1 Å². The summed E-state index contributed by atoms with van der Waals surface area (Å²) in [6.07, 6.45) is 4.44. The van der Waals surface area contributed by atoms with Crippen molar-refractivity contribution in [2.75, 3.05) is 0 Å². The van der Waals surface area contributed by atoms with E-state index in [4.69, 9.17) is 0 Å². The third kappa shape index (κ3) is 1.98. The Morgan fingerprint density at radius 3 is 2.09 bits per heavy atom. The standard InChI is InChI=1S/C11H22/c1-8(2)10(4)11-7-5-6-9(11)3/h8-11H,5-7H2,1-4H3/t9?,10?,11-/m1/s1. The molecule has 1 saturated carbocycles. The average molecular weight is 154 g/mol. The molecule has 1 rings (SSSR count). The summed E-state index contributed by atoms with van der Waals surface area (Å²) in [5.41, 5.74) is 0. The van der Waals surface area contributed by atoms with Crippen LogP contribution >= 0.6 is 0 Å². The first-order chi connectivity index (χ1) is 5.13. The summed E-state index contributed by atoms with van der Waals surface area (Å²) >= 11 is 0. The van der Waals surface area contributed by atoms with Gasteiger partial charge in [-0.25, -0.2) is 0 Å². The van der Waals surface area contributed by atoms with Gasteiger partial charge in [0, 0.05) is 0 Å². The van der Waals surface area contributed by atoms with Gasteiger partial charge < -0.3 is 0 Å². The van der Waals surface area contributed by atoms with E-state index in [0.717, 1.165) is 23.7 Å². The van der Waals surface area contributed by atoms with Gasteiger partial charge in [-0.2, -0.15) is 0 Å². The van der Waals surface area contributed by atoms with Crippen LogP contribution in [0.15, 0.2) is 0 Å². The molecule has 0 heteroatoms. The zero-order chi connectivity index (χ0) is 8.43. The van der Waals surface area contributed by atoms with Gasteiger partial charge in [0.1, 0.15) is 0 Å². The second kappa shape index (κ2) is 3.60. The Kier molecular flexibility index (Phi) is 2.98. The van der Waals surface area contributed by atoms with E-state index in [9.17, 15) is 0 Å². The molecule has 2 unspecified atom stereocenters. The fraction of sp³-hybridized carbons (Fsp3) is 1.00. The monoisotopic (exact) mass is 154 g/mol. The lowest BCUT2D eigenvalue weighted by Gasteiger charge is -2.26. The van der Waals surface area contributed by atoms with Gasteiger partial charge in [0.25, 0.3) is 0 Å². The second-order valence-corrected chi connectivity index (χ2v) is 4.68. The van der Waals surface area contributed by atoms with Crippen molar-refractivity contribution in [1.82, 2.24) is 0 Å². The van der Waals surface area contributed by atoms with Crippen LogP contribution in [-0.4, -0.2) is 0 Å². The molecule has 1 fully saturated rings. The van der Waals surface area contributed by atoms with Crippen molar-refractivity contribution in [3.63, 3.8) is 0 Å². The lowest BCUT2D eigenvalue weighted by molar-refractivity contribution is 0.233. The molecule has 0 spiro atoms. The first-order valence-electron chi connectivity index (χ1n) is 5.13. The van der Waals surface area contributed by atoms with Crippen molar-refractivity contribution >= 4 is 0 Å². The van der Waals surface area contributed by atoms with Gasteiger partial charge in [0.15, 0.2) is 0 Å². The van der Waals surface area contributed by atoms with E-state index in [-0.39, 0.29) is 0 Å². The van der Waals surface area contributed by atoms with Crippen molar-refractivity contribution in [1.29, 1.82) is 0 Å². The minimum Gasteiger partial charge on any atom is -0.0625 e. The van der Waals surface area contributed by atoms with Gasteiger partial charge in [0.05, 0.1) is 0 Å². The normalized spacial score (nSPS) is 34.6. The highest BCUT2D eigenvalue weighted by Crippen LogP contribution is 2.39. The Morgan fingerprint density at radius 2 is 1.73 bits per heavy atom. The fourth-order valence-corrected chi connectivity index (χ4v) is 2.45. The van der Waals surface area contributed by atoms with E-state index in [1.165, 1.54) is 19.3 Å². The van der Waals surface area contributed by atoms with E-state index in [2.05, 4.69) is 27.7 Å². The molecular formula is C11H22. The molecule has 0 heterocycles. The molecule has 0 radical (unpaired) electrons. The van der Waals surface area contributed by atoms with Gasteiger partial charge in [0.2, 0.25) is 0 Å². The Balaban J connectivity index is 2.45. The Labute approximate surface area is 71.4 Å². The van der Waals surface area contributed by atoms with Crippen LogP contribution in [0.4, 0.5) is 0 Å². The summed E-state index contributed by atoms with van der Waals surface area (Å²) in [5, 5.41) is 0. The highest BCUT2D eigenvalue weighted by atomic mass is 14.3. The van der Waals surface area contributed by atoms with Crippen molar-refractivity contribution in [2.45, 2.75) is 47.0 Å². The molecule has 0 N–H and O–H groups in total. The summed E-state index contributed by atoms with van der Waals surface area (Å²) in [4.78, 5) is 0. The fourth-order valence-electron chi connectivity index (χ4n) is 2.45. The smallest absolute Gasteiger partial charge is 0.0360 e. The van der Waals surface area contributed by atoms with Crippen LogP contribution in [0.25, 0.3) is 0 Å². The van der Waals surface area contributed by atoms with E-state index >= 15 is 0 Å². The second-order valence-electron chi connectivity index (χ2n) is 4.68. The first-order valence-corrected chi connectivity index (χ1v) is 5.13. The van der Waals surface area contributed by atoms with Crippen molar-refractivity contribution in [3.8, 4) is 0 Å². The number of hydrogen-bond acceptors (Lipinski definition) is 0. The maximum Gasteiger partial charge on any atom is -0.0360 e. The van der Waals surface area contributed by atoms with Gasteiger partial charge in [-0.15, -0.1) is 0 Å². The lowest BCUT2D eigenvalue weighted by Crippen LogP contribution is -2.19. The zero-order valence-electron chi connectivity index (χ0n) is 8.43. The molecule has 66 valence electrons. The molecule has 0 aromatic carbocycles. The summed E-state index contributed by atoms with van der Waals surface area (Å²) in [6.45, 7) is 9.57. The molecular weight excluding hydrogens is 132 g/mol. The largest absolute Gasteiger partial charge is 0.0625 e. The SMILES string of the molecule is CC(C)C(C)[C@@H]1CCCC1C. The van der Waals surface area contributed by atoms with E-state index < -0.39 is 0 Å². The molecule has 0 aromatic heterocycles. The molecule has 11 heavy (non-hydrogen) atoms. The summed E-state index contributed by atoms with van der Waals surface area (Å²) in [6, 6.07) is 0. The van der Waals surface area contributed by atoms with E-state index in [1.807, 2.05) is 0 Å². The van der Waals surface area contributed by atoms with Gasteiger partial charge in [-0.1, -0.05) is 40.5 Å². The Bertz CT molecular complexity index is 115. The van der Waals surface area contributed by atoms with E-state index in [1.54, 1.807) is 0 Å². The summed E-state index contributed by atoms with van der Waals surface area (Å²) in [5.74, 6) is 3.83. The third-order valence-electron chi connectivity index (χ3n) is 3.65. The molecule has 0 aromatic rings. The molecule has 1 aliphatic carbocycles. The van der Waals surface area contributed by atoms with Gasteiger partial charge in [-0.3, -0.25) is 0 Å². The van der Waals surface area contributed by atoms with Crippen LogP contribution in [-0.2, 0) is 0 Å². The number of rotatable bonds is 2. The van der Waals surface area contributed by atoms with E-state index in [0.29, 0.717) is 0 Å². The minimum atomic E-state index is 0.876. The quantitative estimate of drug-likeness (QED) is 0.568. The molecule has 0 saturated heterocycles. The van der Waals surface area contributed by atoms with Crippen LogP contribution in [0, 0.1) is 23.7 Å². The Morgan fingerprint density at radius 1 is 1.09 bits per heavy atom. The lowest BCUT2D eigenvalue weighted by atomic mass is 9.80. The molecule has 0 bridgehead atoms. The molecule has 3 atom stereocenters. The summed E-state index contributed by atoms with van der Waals surface area (Å²) < 4.78 is 0. The predicted octanol–water partition coefficient (Wildman–Crippen LogP) is 3.71. The average Bonchev–Trinajstić information content (AvgIpc) is 2.33. The van der Waals surface area contributed by atoms with Crippen LogP contribution in [0.3, 0.4) is 0 Å². The van der Waals surface area contributed by atoms with Crippen LogP contribution < -0.4 is 0 Å². The Hall–Kier alpha value is 0. The first kappa shape index (κ1) is 9.09. The van der Waals surface area contributed by atoms with Crippen LogP contribution in [0.1, 0.15) is 47.0 Å². The third-order valence-corrected chi connectivity index (χ3v) is 3.65. The van der Waals surface area contributed by atoms with Gasteiger partial charge >= 0.3 is 0 Å². The highest BCUT2D eigenvalue weighted by Gasteiger charge is 2.29. The van der Waals surface area contributed by atoms with Crippen LogP contribution in [0.5, 0.6) is 0 Å². The minimum absolute atomic E-state index is 0.876. The zero-order valence-corrected chi connectivity index (χ0v) is 8.43. The molecule has 1 aliphatic rings.